The van der Waals surface area contributed by atoms with Crippen molar-refractivity contribution in [2.45, 2.75) is 26.4 Å². The van der Waals surface area contributed by atoms with E-state index in [9.17, 15) is 19.7 Å². The van der Waals surface area contributed by atoms with Gasteiger partial charge in [0.05, 0.1) is 16.2 Å². The number of nitro benzene ring substituents is 1. The monoisotopic (exact) mass is 460 g/mol. The normalized spacial score (nSPS) is 11.1. The van der Waals surface area contributed by atoms with Crippen molar-refractivity contribution in [3.8, 4) is 11.5 Å². The van der Waals surface area contributed by atoms with E-state index >= 15 is 0 Å². The van der Waals surface area contributed by atoms with Crippen LogP contribution in [0.25, 0.3) is 6.08 Å². The lowest BCUT2D eigenvalue weighted by molar-refractivity contribution is -0.384. The van der Waals surface area contributed by atoms with Crippen molar-refractivity contribution in [1.29, 1.82) is 0 Å². The smallest absolute Gasteiger partial charge is 0.340 e. The van der Waals surface area contributed by atoms with Gasteiger partial charge < -0.3 is 14.8 Å². The van der Waals surface area contributed by atoms with Crippen LogP contribution in [0.15, 0.2) is 78.9 Å². The Morgan fingerprint density at radius 3 is 2.35 bits per heavy atom. The second-order valence-corrected chi connectivity index (χ2v) is 8.30. The third-order valence-electron chi connectivity index (χ3n) is 4.35. The number of non-ortho nitro benzene ring substituents is 1. The third kappa shape index (κ3) is 7.03. The number of ether oxygens (including phenoxy) is 2. The van der Waals surface area contributed by atoms with Crippen molar-refractivity contribution in [3.05, 3.63) is 100 Å². The van der Waals surface area contributed by atoms with Gasteiger partial charge in [0.15, 0.2) is 0 Å². The van der Waals surface area contributed by atoms with Crippen molar-refractivity contribution < 1.29 is 24.0 Å². The quantitative estimate of drug-likeness (QED) is 0.201. The van der Waals surface area contributed by atoms with Crippen LogP contribution in [0.1, 0.15) is 36.7 Å². The molecule has 0 aliphatic carbocycles. The summed E-state index contributed by atoms with van der Waals surface area (Å²) < 4.78 is 11.3. The van der Waals surface area contributed by atoms with Crippen LogP contribution in [0.2, 0.25) is 0 Å². The molecule has 0 saturated heterocycles. The fraction of sp³-hybridized carbons (Fsp3) is 0.154. The Bertz CT molecular complexity index is 1230. The van der Waals surface area contributed by atoms with E-state index in [4.69, 9.17) is 9.47 Å². The second-order valence-electron chi connectivity index (χ2n) is 8.30. The van der Waals surface area contributed by atoms with Gasteiger partial charge in [-0.05, 0) is 56.7 Å². The van der Waals surface area contributed by atoms with Crippen molar-refractivity contribution >= 4 is 29.3 Å². The fourth-order valence-electron chi connectivity index (χ4n) is 2.91. The van der Waals surface area contributed by atoms with Gasteiger partial charge in [-0.3, -0.25) is 14.9 Å². The maximum atomic E-state index is 12.7. The number of nitro groups is 1. The Labute approximate surface area is 197 Å². The molecule has 34 heavy (non-hydrogen) atoms. The molecule has 0 heterocycles. The van der Waals surface area contributed by atoms with Gasteiger partial charge >= 0.3 is 5.97 Å². The third-order valence-corrected chi connectivity index (χ3v) is 4.35. The molecule has 3 aromatic carbocycles. The summed E-state index contributed by atoms with van der Waals surface area (Å²) in [4.78, 5) is 35.8. The van der Waals surface area contributed by atoms with Gasteiger partial charge in [-0.15, -0.1) is 0 Å². The van der Waals surface area contributed by atoms with Crippen LogP contribution in [0.3, 0.4) is 0 Å². The summed E-state index contributed by atoms with van der Waals surface area (Å²) >= 11 is 0. The number of benzene rings is 3. The summed E-state index contributed by atoms with van der Waals surface area (Å²) in [5.74, 6) is -0.128. The molecule has 0 radical (unpaired) electrons. The molecule has 1 amide bonds. The summed E-state index contributed by atoms with van der Waals surface area (Å²) in [5.41, 5.74) is 0.0432. The molecule has 0 spiro atoms. The summed E-state index contributed by atoms with van der Waals surface area (Å²) in [6, 6.07) is 19.6. The molecule has 0 aliphatic rings. The second kappa shape index (κ2) is 10.4. The number of rotatable bonds is 7. The number of nitrogens with one attached hydrogen (secondary N) is 1. The van der Waals surface area contributed by atoms with E-state index in [0.29, 0.717) is 17.1 Å². The predicted molar refractivity (Wildman–Crippen MR) is 129 cm³/mol. The van der Waals surface area contributed by atoms with Crippen molar-refractivity contribution in [2.75, 3.05) is 5.32 Å². The van der Waals surface area contributed by atoms with E-state index in [-0.39, 0.29) is 16.9 Å². The molecule has 0 unspecified atom stereocenters. The number of anilines is 1. The Morgan fingerprint density at radius 2 is 1.68 bits per heavy atom. The SMILES string of the molecule is CC(C)(C)OC(=O)c1ccc(Oc2ccccc2)cc1NC(=O)/C=C/c1cccc([N+](=O)[O-])c1. The Hall–Kier alpha value is -4.46. The highest BCUT2D eigenvalue weighted by molar-refractivity contribution is 6.06. The average Bonchev–Trinajstić information content (AvgIpc) is 2.77. The average molecular weight is 460 g/mol. The van der Waals surface area contributed by atoms with Gasteiger partial charge in [0.25, 0.3) is 5.69 Å². The van der Waals surface area contributed by atoms with Crippen LogP contribution < -0.4 is 10.1 Å². The maximum Gasteiger partial charge on any atom is 0.340 e. The van der Waals surface area contributed by atoms with Crippen LogP contribution in [-0.4, -0.2) is 22.4 Å². The number of amides is 1. The largest absolute Gasteiger partial charge is 0.457 e. The number of carbonyl (C=O) groups is 2. The minimum Gasteiger partial charge on any atom is -0.457 e. The van der Waals surface area contributed by atoms with Gasteiger partial charge in [0, 0.05) is 24.3 Å². The Morgan fingerprint density at radius 1 is 0.941 bits per heavy atom. The molecule has 0 saturated carbocycles. The summed E-state index contributed by atoms with van der Waals surface area (Å²) in [6.45, 7) is 5.24. The minimum atomic E-state index is -0.723. The molecule has 0 bridgehead atoms. The zero-order valence-electron chi connectivity index (χ0n) is 19.0. The van der Waals surface area contributed by atoms with E-state index in [0.717, 1.165) is 0 Å². The van der Waals surface area contributed by atoms with Crippen LogP contribution in [0.4, 0.5) is 11.4 Å². The Kier molecular flexibility index (Phi) is 7.43. The standard InChI is InChI=1S/C26H24N2O6/c1-26(2,3)34-25(30)22-14-13-21(33-20-10-5-4-6-11-20)17-23(22)27-24(29)15-12-18-8-7-9-19(16-18)28(31)32/h4-17H,1-3H3,(H,27,29)/b15-12+. The van der Waals surface area contributed by atoms with E-state index in [1.165, 1.54) is 42.5 Å². The van der Waals surface area contributed by atoms with Crippen LogP contribution in [-0.2, 0) is 9.53 Å². The molecule has 0 atom stereocenters. The highest BCUT2D eigenvalue weighted by Crippen LogP contribution is 2.28. The van der Waals surface area contributed by atoms with Gasteiger partial charge in [0.1, 0.15) is 17.1 Å². The van der Waals surface area contributed by atoms with Gasteiger partial charge in [-0.2, -0.15) is 0 Å². The van der Waals surface area contributed by atoms with Gasteiger partial charge in [-0.25, -0.2) is 4.79 Å². The molecule has 174 valence electrons. The first-order chi connectivity index (χ1) is 16.1. The zero-order chi connectivity index (χ0) is 24.7. The highest BCUT2D eigenvalue weighted by Gasteiger charge is 2.21. The highest BCUT2D eigenvalue weighted by atomic mass is 16.6. The van der Waals surface area contributed by atoms with Crippen molar-refractivity contribution in [3.63, 3.8) is 0 Å². The van der Waals surface area contributed by atoms with Crippen molar-refractivity contribution in [1.82, 2.24) is 0 Å². The molecule has 1 N–H and O–H groups in total. The van der Waals surface area contributed by atoms with Crippen LogP contribution in [0.5, 0.6) is 11.5 Å². The molecule has 3 aromatic rings. The van der Waals surface area contributed by atoms with Gasteiger partial charge in [0.2, 0.25) is 5.91 Å². The van der Waals surface area contributed by atoms with Crippen LogP contribution >= 0.6 is 0 Å². The molecule has 8 nitrogen and oxygen atoms in total. The minimum absolute atomic E-state index is 0.0828. The van der Waals surface area contributed by atoms with E-state index < -0.39 is 22.4 Å². The first-order valence-corrected chi connectivity index (χ1v) is 10.4. The first kappa shape index (κ1) is 24.2. The first-order valence-electron chi connectivity index (χ1n) is 10.4. The molecule has 0 fully saturated rings. The lowest BCUT2D eigenvalue weighted by Gasteiger charge is -2.21. The lowest BCUT2D eigenvalue weighted by atomic mass is 10.1. The summed E-state index contributed by atoms with van der Waals surface area (Å²) in [5, 5.41) is 13.6. The molecular formula is C26H24N2O6. The van der Waals surface area contributed by atoms with E-state index in [1.807, 2.05) is 18.2 Å². The van der Waals surface area contributed by atoms with Gasteiger partial charge in [-0.1, -0.05) is 30.3 Å². The topological polar surface area (TPSA) is 108 Å². The number of esters is 1. The Balaban J connectivity index is 1.85. The van der Waals surface area contributed by atoms with Crippen molar-refractivity contribution in [2.24, 2.45) is 0 Å². The summed E-state index contributed by atoms with van der Waals surface area (Å²) in [6.07, 6.45) is 2.67. The summed E-state index contributed by atoms with van der Waals surface area (Å²) in [7, 11) is 0. The van der Waals surface area contributed by atoms with E-state index in [1.54, 1.807) is 45.0 Å². The molecule has 3 rings (SSSR count). The fourth-order valence-corrected chi connectivity index (χ4v) is 2.91. The van der Waals surface area contributed by atoms with E-state index in [2.05, 4.69) is 5.32 Å². The maximum absolute atomic E-state index is 12.7. The molecule has 0 aromatic heterocycles. The number of nitrogens with zero attached hydrogens (tertiary/aromatic N) is 1. The molecule has 8 heteroatoms. The predicted octanol–water partition coefficient (Wildman–Crippen LogP) is 5.99. The zero-order valence-corrected chi connectivity index (χ0v) is 19.0. The molecule has 0 aliphatic heterocycles. The van der Waals surface area contributed by atoms with Crippen LogP contribution in [0, 0.1) is 10.1 Å². The number of hydrogen-bond acceptors (Lipinski definition) is 6. The lowest BCUT2D eigenvalue weighted by Crippen LogP contribution is -2.25. The molecular weight excluding hydrogens is 436 g/mol. The number of para-hydroxylation sites is 1. The number of hydrogen-bond donors (Lipinski definition) is 1. The number of carbonyl (C=O) groups excluding carboxylic acids is 2.